The molecule has 1 aromatic rings. The van der Waals surface area contributed by atoms with Crippen LogP contribution in [0.15, 0.2) is 23.8 Å². The van der Waals surface area contributed by atoms with Crippen molar-refractivity contribution in [3.05, 3.63) is 39.6 Å². The van der Waals surface area contributed by atoms with Crippen molar-refractivity contribution < 1.29 is 15.5 Å². The van der Waals surface area contributed by atoms with Gasteiger partial charge >= 0.3 is 0 Å². The van der Waals surface area contributed by atoms with Gasteiger partial charge in [-0.05, 0) is 43.0 Å². The van der Waals surface area contributed by atoms with Gasteiger partial charge in [-0.15, -0.1) is 0 Å². The number of hydrogen-bond acceptors (Lipinski definition) is 4. The number of aromatic hydroxyl groups is 1. The van der Waals surface area contributed by atoms with Crippen molar-refractivity contribution in [2.45, 2.75) is 31.7 Å². The van der Waals surface area contributed by atoms with Gasteiger partial charge in [0.05, 0.1) is 6.07 Å². The van der Waals surface area contributed by atoms with Crippen LogP contribution in [-0.4, -0.2) is 16.4 Å². The molecule has 1 atom stereocenters. The van der Waals surface area contributed by atoms with Crippen LogP contribution in [0.3, 0.4) is 0 Å². The van der Waals surface area contributed by atoms with Gasteiger partial charge in [-0.2, -0.15) is 5.26 Å². The highest BCUT2D eigenvalue weighted by molar-refractivity contribution is 6.30. The van der Waals surface area contributed by atoms with E-state index in [1.165, 1.54) is 6.07 Å². The van der Waals surface area contributed by atoms with E-state index < -0.39 is 5.23 Å². The molecule has 1 fully saturated rings. The molecule has 1 aliphatic rings. The molecule has 0 saturated heterocycles. The fourth-order valence-electron chi connectivity index (χ4n) is 2.70. The Morgan fingerprint density at radius 1 is 1.38 bits per heavy atom. The second-order valence-electron chi connectivity index (χ2n) is 5.30. The second-order valence-corrected chi connectivity index (χ2v) is 5.74. The van der Waals surface area contributed by atoms with Crippen LogP contribution in [0.25, 0.3) is 6.08 Å². The minimum absolute atomic E-state index is 0.0454. The third kappa shape index (κ3) is 3.96. The van der Waals surface area contributed by atoms with E-state index >= 15 is 0 Å². The van der Waals surface area contributed by atoms with Gasteiger partial charge in [0.15, 0.2) is 0 Å². The van der Waals surface area contributed by atoms with Crippen LogP contribution >= 0.6 is 11.6 Å². The maximum absolute atomic E-state index is 10.9. The fourth-order valence-corrected chi connectivity index (χ4v) is 2.88. The van der Waals surface area contributed by atoms with E-state index in [4.69, 9.17) is 16.8 Å². The third-order valence-electron chi connectivity index (χ3n) is 3.95. The highest BCUT2D eigenvalue weighted by Gasteiger charge is 2.27. The summed E-state index contributed by atoms with van der Waals surface area (Å²) in [6.45, 7) is 0. The molecule has 0 bridgehead atoms. The van der Waals surface area contributed by atoms with E-state index in [0.29, 0.717) is 41.8 Å². The number of rotatable bonds is 3. The minimum atomic E-state index is -0.761. The lowest BCUT2D eigenvalue weighted by Crippen LogP contribution is -3.09. The average molecular weight is 309 g/mol. The summed E-state index contributed by atoms with van der Waals surface area (Å²) in [7, 11) is 0. The maximum atomic E-state index is 10.9. The number of nitrogens with zero attached hydrogens (tertiary/aromatic N) is 1. The van der Waals surface area contributed by atoms with Crippen molar-refractivity contribution in [3.8, 4) is 11.8 Å². The normalized spacial score (nSPS) is 24.4. The summed E-state index contributed by atoms with van der Waals surface area (Å²) < 4.78 is 0. The Morgan fingerprint density at radius 3 is 2.62 bits per heavy atom. The Balaban J connectivity index is 2.15. The number of phenols is 1. The van der Waals surface area contributed by atoms with Crippen molar-refractivity contribution in [3.63, 3.8) is 0 Å². The Kier molecular flexibility index (Phi) is 5.21. The van der Waals surface area contributed by atoms with Crippen LogP contribution in [0.1, 0.15) is 31.2 Å². The van der Waals surface area contributed by atoms with Crippen LogP contribution in [-0.2, 0) is 0 Å². The SMILES string of the molecule is N#C/C(=C/c1cc(Cl)ccc1O)C1CCC([NH+]([O-])O)CC1. The monoisotopic (exact) mass is 308 g/mol. The Labute approximate surface area is 128 Å². The smallest absolute Gasteiger partial charge is 0.122 e. The Bertz CT molecular complexity index is 573. The van der Waals surface area contributed by atoms with Gasteiger partial charge in [-0.25, -0.2) is 10.4 Å². The predicted molar refractivity (Wildman–Crippen MR) is 78.6 cm³/mol. The zero-order valence-corrected chi connectivity index (χ0v) is 12.2. The van der Waals surface area contributed by atoms with Gasteiger partial charge < -0.3 is 10.3 Å². The Hall–Kier alpha value is -1.58. The molecule has 0 spiro atoms. The van der Waals surface area contributed by atoms with E-state index in [1.807, 2.05) is 0 Å². The molecule has 1 saturated carbocycles. The first-order valence-corrected chi connectivity index (χ1v) is 7.22. The highest BCUT2D eigenvalue weighted by Crippen LogP contribution is 2.32. The first kappa shape index (κ1) is 15.8. The molecule has 5 nitrogen and oxygen atoms in total. The van der Waals surface area contributed by atoms with Crippen molar-refractivity contribution in [1.29, 1.82) is 5.26 Å². The topological polar surface area (TPSA) is 91.8 Å². The molecule has 21 heavy (non-hydrogen) atoms. The average Bonchev–Trinajstić information content (AvgIpc) is 2.48. The van der Waals surface area contributed by atoms with E-state index in [9.17, 15) is 15.6 Å². The number of hydroxylamine groups is 2. The van der Waals surface area contributed by atoms with Crippen LogP contribution in [0, 0.1) is 22.5 Å². The van der Waals surface area contributed by atoms with Crippen LogP contribution in [0.5, 0.6) is 5.75 Å². The van der Waals surface area contributed by atoms with Gasteiger partial charge in [0.1, 0.15) is 11.8 Å². The first-order chi connectivity index (χ1) is 10.0. The summed E-state index contributed by atoms with van der Waals surface area (Å²) in [5, 5.41) is 38.8. The first-order valence-electron chi connectivity index (χ1n) is 6.84. The number of halogens is 1. The number of nitrogens with one attached hydrogen (secondary N) is 1. The van der Waals surface area contributed by atoms with Crippen LogP contribution < -0.4 is 5.23 Å². The van der Waals surface area contributed by atoms with Gasteiger partial charge in [0.2, 0.25) is 0 Å². The summed E-state index contributed by atoms with van der Waals surface area (Å²) in [6.07, 6.45) is 4.17. The number of quaternary nitrogens is 1. The lowest BCUT2D eigenvalue weighted by Gasteiger charge is -2.31. The van der Waals surface area contributed by atoms with E-state index in [2.05, 4.69) is 6.07 Å². The lowest BCUT2D eigenvalue weighted by molar-refractivity contribution is -1.07. The summed E-state index contributed by atoms with van der Waals surface area (Å²) in [5.41, 5.74) is 1.08. The molecular formula is C15H17ClN2O3. The minimum Gasteiger partial charge on any atom is -0.600 e. The van der Waals surface area contributed by atoms with E-state index in [1.54, 1.807) is 18.2 Å². The quantitative estimate of drug-likeness (QED) is 0.590. The summed E-state index contributed by atoms with van der Waals surface area (Å²) >= 11 is 5.89. The number of benzene rings is 1. The lowest BCUT2D eigenvalue weighted by atomic mass is 9.81. The van der Waals surface area contributed by atoms with E-state index in [0.717, 1.165) is 0 Å². The number of phenolic OH excluding ortho intramolecular Hbond substituents is 1. The maximum Gasteiger partial charge on any atom is 0.122 e. The predicted octanol–water partition coefficient (Wildman–Crippen LogP) is 2.28. The molecule has 0 aliphatic heterocycles. The molecule has 6 heteroatoms. The molecule has 0 heterocycles. The molecule has 3 N–H and O–H groups in total. The van der Waals surface area contributed by atoms with Gasteiger partial charge in [0, 0.05) is 29.0 Å². The summed E-state index contributed by atoms with van der Waals surface area (Å²) in [6, 6.07) is 6.55. The van der Waals surface area contributed by atoms with Crippen LogP contribution in [0.2, 0.25) is 5.02 Å². The van der Waals surface area contributed by atoms with Gasteiger partial charge in [0.25, 0.3) is 0 Å². The fraction of sp³-hybridized carbons (Fsp3) is 0.400. The molecule has 1 aliphatic carbocycles. The van der Waals surface area contributed by atoms with Crippen molar-refractivity contribution >= 4 is 17.7 Å². The van der Waals surface area contributed by atoms with Crippen molar-refractivity contribution in [2.24, 2.45) is 5.92 Å². The third-order valence-corrected chi connectivity index (χ3v) is 4.18. The zero-order valence-electron chi connectivity index (χ0n) is 11.4. The summed E-state index contributed by atoms with van der Waals surface area (Å²) in [5.74, 6) is 0.121. The Morgan fingerprint density at radius 2 is 2.05 bits per heavy atom. The molecule has 2 rings (SSSR count). The van der Waals surface area contributed by atoms with Crippen molar-refractivity contribution in [1.82, 2.24) is 0 Å². The van der Waals surface area contributed by atoms with Crippen LogP contribution in [0.4, 0.5) is 0 Å². The van der Waals surface area contributed by atoms with Gasteiger partial charge in [-0.3, -0.25) is 0 Å². The van der Waals surface area contributed by atoms with E-state index in [-0.39, 0.29) is 17.7 Å². The molecule has 0 radical (unpaired) electrons. The standard InChI is InChI=1S/C15H17ClN2O3/c16-13-3-6-15(19)11(8-13)7-12(9-17)10-1-4-14(5-2-10)18(20)21/h3,6-8,10,14,18-20H,1-2,4-5H2/b12-7-. The second kappa shape index (κ2) is 6.92. The molecule has 1 aromatic carbocycles. The molecule has 0 aromatic heterocycles. The van der Waals surface area contributed by atoms with Gasteiger partial charge in [-0.1, -0.05) is 11.6 Å². The molecule has 112 valence electrons. The summed E-state index contributed by atoms with van der Waals surface area (Å²) in [4.78, 5) is 0. The molecule has 0 amide bonds. The van der Waals surface area contributed by atoms with Crippen molar-refractivity contribution in [2.75, 3.05) is 0 Å². The number of hydrogen-bond donors (Lipinski definition) is 3. The highest BCUT2D eigenvalue weighted by atomic mass is 35.5. The molecular weight excluding hydrogens is 292 g/mol. The molecule has 1 unspecified atom stereocenters. The zero-order chi connectivity index (χ0) is 15.4. The largest absolute Gasteiger partial charge is 0.600 e. The number of allylic oxidation sites excluding steroid dienone is 1. The number of nitriles is 1.